The van der Waals surface area contributed by atoms with Gasteiger partial charge in [-0.25, -0.2) is 9.13 Å². The van der Waals surface area contributed by atoms with Gasteiger partial charge >= 0.3 is 39.5 Å². The van der Waals surface area contributed by atoms with E-state index in [1.807, 2.05) is 0 Å². The van der Waals surface area contributed by atoms with Crippen LogP contribution in [-0.4, -0.2) is 96.7 Å². The number of hydrogen-bond acceptors (Lipinski definition) is 15. The molecule has 19 heteroatoms. The Morgan fingerprint density at radius 3 is 0.798 bits per heavy atom. The van der Waals surface area contributed by atoms with E-state index in [1.54, 1.807) is 0 Å². The Morgan fingerprint density at radius 1 is 0.279 bits per heavy atom. The van der Waals surface area contributed by atoms with Gasteiger partial charge in [-0.15, -0.1) is 0 Å². The highest BCUT2D eigenvalue weighted by atomic mass is 31.2. The fraction of sp³-hybridized carbons (Fsp3) is 0.718. The predicted molar refractivity (Wildman–Crippen MR) is 427 cm³/mol. The van der Waals surface area contributed by atoms with E-state index in [1.165, 1.54) is 77.0 Å². The number of phosphoric acid groups is 2. The van der Waals surface area contributed by atoms with Crippen LogP contribution in [0.3, 0.4) is 0 Å². The Balaban J connectivity index is 5.40. The van der Waals surface area contributed by atoms with Crippen LogP contribution in [0.4, 0.5) is 0 Å². The molecule has 0 heterocycles. The molecule has 3 N–H and O–H groups in total. The number of ether oxygens (including phenoxy) is 4. The molecule has 0 aliphatic rings. The Kier molecular flexibility index (Phi) is 73.3. The van der Waals surface area contributed by atoms with Crippen LogP contribution in [0.1, 0.15) is 336 Å². The number of esters is 4. The van der Waals surface area contributed by atoms with Gasteiger partial charge in [0.15, 0.2) is 12.2 Å². The topological polar surface area (TPSA) is 237 Å². The van der Waals surface area contributed by atoms with Crippen molar-refractivity contribution in [3.63, 3.8) is 0 Å². The summed E-state index contributed by atoms with van der Waals surface area (Å²) in [6.07, 6.45) is 84.5. The van der Waals surface area contributed by atoms with Crippen molar-refractivity contribution >= 4 is 39.5 Å². The number of unbranched alkanes of at least 4 members (excludes halogenated alkanes) is 30. The average Bonchev–Trinajstić information content (AvgIpc) is 0.906. The van der Waals surface area contributed by atoms with Gasteiger partial charge in [0.2, 0.25) is 0 Å². The molecule has 0 bridgehead atoms. The minimum atomic E-state index is -4.99. The summed E-state index contributed by atoms with van der Waals surface area (Å²) in [4.78, 5) is 73.1. The molecule has 17 nitrogen and oxygen atoms in total. The van der Waals surface area contributed by atoms with Gasteiger partial charge < -0.3 is 33.8 Å². The summed E-state index contributed by atoms with van der Waals surface area (Å²) in [6, 6.07) is 0. The molecule has 0 fully saturated rings. The van der Waals surface area contributed by atoms with Gasteiger partial charge in [0, 0.05) is 25.7 Å². The third-order valence-electron chi connectivity index (χ3n) is 16.9. The van der Waals surface area contributed by atoms with Crippen LogP contribution in [0.25, 0.3) is 0 Å². The van der Waals surface area contributed by atoms with Crippen molar-refractivity contribution in [1.82, 2.24) is 0 Å². The lowest BCUT2D eigenvalue weighted by Crippen LogP contribution is -2.30. The van der Waals surface area contributed by atoms with Crippen LogP contribution in [0, 0.1) is 0 Å². The normalized spacial score (nSPS) is 14.5. The van der Waals surface area contributed by atoms with E-state index in [4.69, 9.17) is 37.0 Å². The Morgan fingerprint density at radius 2 is 0.500 bits per heavy atom. The molecule has 0 spiro atoms. The third kappa shape index (κ3) is 75.7. The van der Waals surface area contributed by atoms with Crippen molar-refractivity contribution in [1.29, 1.82) is 0 Å². The molecule has 5 atom stereocenters. The van der Waals surface area contributed by atoms with Crippen LogP contribution >= 0.6 is 15.6 Å². The van der Waals surface area contributed by atoms with Gasteiger partial charge in [0.1, 0.15) is 19.3 Å². The summed E-state index contributed by atoms with van der Waals surface area (Å²) in [6.45, 7) is 4.60. The first-order chi connectivity index (χ1) is 50.7. The van der Waals surface area contributed by atoms with Gasteiger partial charge in [-0.3, -0.25) is 37.3 Å². The lowest BCUT2D eigenvalue weighted by Gasteiger charge is -2.21. The second-order valence-corrected chi connectivity index (χ2v) is 29.9. The molecule has 0 rings (SSSR count). The van der Waals surface area contributed by atoms with Crippen molar-refractivity contribution in [2.45, 2.75) is 354 Å². The van der Waals surface area contributed by atoms with Gasteiger partial charge in [-0.1, -0.05) is 297 Å². The molecule has 0 radical (unpaired) electrons. The summed E-state index contributed by atoms with van der Waals surface area (Å²) in [5.74, 6) is -2.22. The highest BCUT2D eigenvalue weighted by Crippen LogP contribution is 2.45. The first-order valence-electron chi connectivity index (χ1n) is 40.8. The molecule has 0 amide bonds. The summed E-state index contributed by atoms with van der Waals surface area (Å²) in [5, 5.41) is 10.6. The second kappa shape index (κ2) is 76.6. The van der Waals surface area contributed by atoms with Gasteiger partial charge in [-0.2, -0.15) is 0 Å². The molecule has 0 saturated heterocycles. The van der Waals surface area contributed by atoms with Crippen molar-refractivity contribution in [3.05, 3.63) is 122 Å². The van der Waals surface area contributed by atoms with Gasteiger partial charge in [0.05, 0.1) is 26.4 Å². The molecule has 0 aliphatic heterocycles. The summed E-state index contributed by atoms with van der Waals surface area (Å²) < 4.78 is 68.6. The van der Waals surface area contributed by atoms with Crippen LogP contribution < -0.4 is 0 Å². The van der Waals surface area contributed by atoms with Crippen molar-refractivity contribution in [2.24, 2.45) is 0 Å². The molecular formula is C85H146O17P2. The van der Waals surface area contributed by atoms with Gasteiger partial charge in [0.25, 0.3) is 0 Å². The lowest BCUT2D eigenvalue weighted by atomic mass is 10.0. The van der Waals surface area contributed by atoms with E-state index in [0.29, 0.717) is 25.7 Å². The molecule has 598 valence electrons. The van der Waals surface area contributed by atoms with Gasteiger partial charge in [-0.05, 0) is 135 Å². The van der Waals surface area contributed by atoms with E-state index in [2.05, 4.69) is 149 Å². The monoisotopic (exact) mass is 1500 g/mol. The summed E-state index contributed by atoms with van der Waals surface area (Å²) >= 11 is 0. The minimum absolute atomic E-state index is 0.0687. The van der Waals surface area contributed by atoms with Crippen LogP contribution in [-0.2, 0) is 65.4 Å². The molecule has 0 aliphatic carbocycles. The number of carbonyl (C=O) groups is 4. The molecule has 0 aromatic carbocycles. The highest BCUT2D eigenvalue weighted by Gasteiger charge is 2.30. The van der Waals surface area contributed by atoms with E-state index < -0.39 is 97.5 Å². The smallest absolute Gasteiger partial charge is 0.462 e. The number of carbonyl (C=O) groups excluding carboxylic acids is 4. The Hall–Kier alpha value is -4.54. The predicted octanol–water partition coefficient (Wildman–Crippen LogP) is 23.9. The zero-order chi connectivity index (χ0) is 76.0. The van der Waals surface area contributed by atoms with Crippen LogP contribution in [0.5, 0.6) is 0 Å². The Bertz CT molecular complexity index is 2440. The fourth-order valence-electron chi connectivity index (χ4n) is 10.8. The maximum Gasteiger partial charge on any atom is 0.472 e. The van der Waals surface area contributed by atoms with E-state index >= 15 is 0 Å². The van der Waals surface area contributed by atoms with Crippen LogP contribution in [0.2, 0.25) is 0 Å². The fourth-order valence-corrected chi connectivity index (χ4v) is 12.3. The molecule has 5 unspecified atom stereocenters. The first kappa shape index (κ1) is 99.5. The first-order valence-corrected chi connectivity index (χ1v) is 43.8. The number of hydrogen-bond donors (Lipinski definition) is 3. The lowest BCUT2D eigenvalue weighted by molar-refractivity contribution is -0.161. The maximum atomic E-state index is 13.1. The van der Waals surface area contributed by atoms with Crippen LogP contribution in [0.15, 0.2) is 122 Å². The number of allylic oxidation sites excluding steroid dienone is 20. The van der Waals surface area contributed by atoms with E-state index in [9.17, 15) is 43.2 Å². The molecule has 0 saturated carbocycles. The number of rotatable bonds is 76. The van der Waals surface area contributed by atoms with E-state index in [0.717, 1.165) is 180 Å². The highest BCUT2D eigenvalue weighted by molar-refractivity contribution is 7.47. The van der Waals surface area contributed by atoms with E-state index in [-0.39, 0.29) is 25.7 Å². The largest absolute Gasteiger partial charge is 0.472 e. The third-order valence-corrected chi connectivity index (χ3v) is 18.8. The second-order valence-electron chi connectivity index (χ2n) is 27.0. The van der Waals surface area contributed by atoms with Crippen molar-refractivity contribution in [2.75, 3.05) is 39.6 Å². The standard InChI is InChI=1S/C85H146O17P2/c1-5-9-13-17-21-25-29-33-35-37-39-41-43-47-50-54-58-62-66-70-83(88)96-76-81(102-85(90)72-68-64-60-56-52-48-44-42-40-38-36-34-30-26-22-18-14-10-6-2)78-100-104(93,94)98-74-79(86)73-97-103(91,92)99-77-80(101-84(89)71-67-63-59-55-51-46-32-28-24-20-16-12-8-4)75-95-82(87)69-65-61-57-53-49-45-31-27-23-19-15-11-7-3/h9-10,13-14,21-22,25-27,31,33-36,39-42,47,50,79-81,86H,5-8,11-12,15-20,23-24,28-30,32,37-38,43-46,48-49,51-78H2,1-4H3,(H,91,92)(H,93,94)/b13-9-,14-10-,25-21-,26-22-,31-27-,35-33-,36-34-,41-39-,42-40-,50-47-. The molecule has 104 heavy (non-hydrogen) atoms. The number of aliphatic hydroxyl groups excluding tert-OH is 1. The average molecular weight is 1500 g/mol. The minimum Gasteiger partial charge on any atom is -0.462 e. The van der Waals surface area contributed by atoms with Crippen molar-refractivity contribution in [3.8, 4) is 0 Å². The molecule has 0 aromatic rings. The molecular weight excluding hydrogens is 1350 g/mol. The summed E-state index contributed by atoms with van der Waals surface area (Å²) in [5.41, 5.74) is 0. The number of phosphoric ester groups is 2. The SMILES string of the molecule is CC/C=C\C/C=C\C/C=C\C/C=C\C/C=C\CCCCCC(=O)OCC(COP(=O)(O)OCC(O)COP(=O)(O)OCC(COC(=O)CCCCCCC/C=C\CCCCCC)OC(=O)CCCCCCCCCCCCCCC)OC(=O)CCCCCCCC/C=C\C/C=C\C/C=C\C/C=C\CC. The number of aliphatic hydroxyl groups is 1. The zero-order valence-electron chi connectivity index (χ0n) is 65.4. The van der Waals surface area contributed by atoms with Crippen molar-refractivity contribution < 1.29 is 80.2 Å². The zero-order valence-corrected chi connectivity index (χ0v) is 67.2. The quantitative estimate of drug-likeness (QED) is 0.0169. The Labute approximate surface area is 632 Å². The maximum absolute atomic E-state index is 13.1. The molecule has 0 aromatic heterocycles. The summed E-state index contributed by atoms with van der Waals surface area (Å²) in [7, 11) is -9.97.